The predicted octanol–water partition coefficient (Wildman–Crippen LogP) is 15.0. The van der Waals surface area contributed by atoms with Crippen molar-refractivity contribution >= 4 is 27.8 Å². The van der Waals surface area contributed by atoms with Crippen LogP contribution in [0, 0.1) is 0 Å². The highest BCUT2D eigenvalue weighted by Gasteiger charge is 2.47. The summed E-state index contributed by atoms with van der Waals surface area (Å²) in [7, 11) is 0. The zero-order chi connectivity index (χ0) is 39.3. The molecule has 9 aromatic carbocycles. The summed E-state index contributed by atoms with van der Waals surface area (Å²) in [6.45, 7) is 4.76. The van der Waals surface area contributed by atoms with Crippen LogP contribution in [0.1, 0.15) is 47.2 Å². The molecule has 280 valence electrons. The summed E-state index contributed by atoms with van der Waals surface area (Å²) in [5.74, 6) is 0. The number of anilines is 3. The van der Waals surface area contributed by atoms with Crippen molar-refractivity contribution in [3.05, 3.63) is 234 Å². The van der Waals surface area contributed by atoms with Crippen molar-refractivity contribution in [1.29, 1.82) is 0 Å². The Bertz CT molecular complexity index is 3100. The third-order valence-corrected chi connectivity index (χ3v) is 13.9. The van der Waals surface area contributed by atoms with Crippen molar-refractivity contribution in [2.24, 2.45) is 0 Å². The van der Waals surface area contributed by atoms with Gasteiger partial charge in [-0.15, -0.1) is 0 Å². The maximum atomic E-state index is 2.54. The molecule has 0 amide bonds. The minimum absolute atomic E-state index is 0.110. The quantitative estimate of drug-likeness (QED) is 0.169. The van der Waals surface area contributed by atoms with Gasteiger partial charge in [-0.3, -0.25) is 0 Å². The van der Waals surface area contributed by atoms with Crippen LogP contribution in [-0.4, -0.2) is 0 Å². The Morgan fingerprint density at radius 2 is 0.881 bits per heavy atom. The second kappa shape index (κ2) is 12.8. The topological polar surface area (TPSA) is 3.24 Å². The van der Waals surface area contributed by atoms with E-state index in [2.05, 4.69) is 219 Å². The summed E-state index contributed by atoms with van der Waals surface area (Å²) in [4.78, 5) is 2.50. The van der Waals surface area contributed by atoms with Gasteiger partial charge in [-0.2, -0.15) is 0 Å². The number of rotatable bonds is 5. The van der Waals surface area contributed by atoms with Gasteiger partial charge >= 0.3 is 0 Å². The third-order valence-electron chi connectivity index (χ3n) is 13.9. The predicted molar refractivity (Wildman–Crippen MR) is 247 cm³/mol. The second-order valence-corrected chi connectivity index (χ2v) is 17.4. The van der Waals surface area contributed by atoms with E-state index >= 15 is 0 Å². The summed E-state index contributed by atoms with van der Waals surface area (Å²) in [5, 5.41) is 2.53. The van der Waals surface area contributed by atoms with Crippen molar-refractivity contribution in [2.75, 3.05) is 4.90 Å². The summed E-state index contributed by atoms with van der Waals surface area (Å²) in [6.07, 6.45) is 1.99. The van der Waals surface area contributed by atoms with Gasteiger partial charge in [0.2, 0.25) is 0 Å². The Kier molecular flexibility index (Phi) is 7.38. The smallest absolute Gasteiger partial charge is 0.0465 e. The lowest BCUT2D eigenvalue weighted by atomic mass is 9.75. The molecule has 0 saturated heterocycles. The van der Waals surface area contributed by atoms with Crippen molar-refractivity contribution < 1.29 is 0 Å². The van der Waals surface area contributed by atoms with Crippen LogP contribution in [0.15, 0.2) is 200 Å². The highest BCUT2D eigenvalue weighted by molar-refractivity contribution is 5.97. The fraction of sp³-hybridized carbons (Fsp3) is 0.103. The van der Waals surface area contributed by atoms with Gasteiger partial charge in [0.05, 0.1) is 0 Å². The summed E-state index contributed by atoms with van der Waals surface area (Å²) in [6, 6.07) is 75.2. The third kappa shape index (κ3) is 5.11. The van der Waals surface area contributed by atoms with Gasteiger partial charge in [0.15, 0.2) is 0 Å². The maximum absolute atomic E-state index is 2.54. The number of benzene rings is 9. The Morgan fingerprint density at radius 3 is 1.64 bits per heavy atom. The van der Waals surface area contributed by atoms with Crippen LogP contribution in [0.5, 0.6) is 0 Å². The standard InChI is InChI=1S/C58H43N/c1-57(2)53-22-11-10-20-49(53)50-31-28-45(34-54(50)57)59(44-26-23-40(24-27-44)48-21-12-18-39-15-8-9-19-47(39)48)46-29-32-52-51-30-25-41(38-13-4-3-5-14-38)33-55(51)58(56(52)35-46)36-42-16-6-7-17-43(42)37-58/h3-35H,36-37H2,1-2H3. The first-order chi connectivity index (χ1) is 29.0. The molecule has 3 aliphatic carbocycles. The molecule has 0 bridgehead atoms. The summed E-state index contributed by atoms with van der Waals surface area (Å²) >= 11 is 0. The molecule has 0 unspecified atom stereocenters. The van der Waals surface area contributed by atoms with E-state index in [0.29, 0.717) is 0 Å². The van der Waals surface area contributed by atoms with E-state index in [9.17, 15) is 0 Å². The maximum Gasteiger partial charge on any atom is 0.0465 e. The van der Waals surface area contributed by atoms with Crippen molar-refractivity contribution in [2.45, 2.75) is 37.5 Å². The molecule has 12 rings (SSSR count). The second-order valence-electron chi connectivity index (χ2n) is 17.4. The van der Waals surface area contributed by atoms with E-state index in [4.69, 9.17) is 0 Å². The van der Waals surface area contributed by atoms with Gasteiger partial charge < -0.3 is 4.90 Å². The lowest BCUT2D eigenvalue weighted by Crippen LogP contribution is -2.26. The SMILES string of the molecule is CC1(C)c2ccccc2-c2ccc(N(c3ccc(-c4cccc5ccccc45)cc3)c3ccc4c(c3)C3(Cc5ccccc5C3)c3cc(-c5ccccc5)ccc3-4)cc21. The minimum Gasteiger partial charge on any atom is -0.310 e. The summed E-state index contributed by atoms with van der Waals surface area (Å²) in [5.41, 5.74) is 22.2. The largest absolute Gasteiger partial charge is 0.310 e. The summed E-state index contributed by atoms with van der Waals surface area (Å²) < 4.78 is 0. The number of hydrogen-bond donors (Lipinski definition) is 0. The zero-order valence-electron chi connectivity index (χ0n) is 33.4. The number of fused-ring (bicyclic) bond motifs is 10. The number of hydrogen-bond acceptors (Lipinski definition) is 1. The van der Waals surface area contributed by atoms with E-state index in [1.165, 1.54) is 100 Å². The van der Waals surface area contributed by atoms with Crippen LogP contribution in [0.4, 0.5) is 17.1 Å². The highest BCUT2D eigenvalue weighted by atomic mass is 15.1. The van der Waals surface area contributed by atoms with Gasteiger partial charge in [-0.1, -0.05) is 172 Å². The molecule has 0 atom stereocenters. The molecule has 3 aliphatic rings. The van der Waals surface area contributed by atoms with Crippen molar-refractivity contribution in [1.82, 2.24) is 0 Å². The van der Waals surface area contributed by atoms with Crippen LogP contribution in [-0.2, 0) is 23.7 Å². The molecule has 9 aromatic rings. The molecule has 0 aliphatic heterocycles. The van der Waals surface area contributed by atoms with E-state index in [1.54, 1.807) is 0 Å². The lowest BCUT2D eigenvalue weighted by Gasteiger charge is -2.31. The molecule has 0 heterocycles. The molecule has 59 heavy (non-hydrogen) atoms. The molecule has 0 radical (unpaired) electrons. The molecule has 1 nitrogen and oxygen atoms in total. The van der Waals surface area contributed by atoms with Crippen molar-refractivity contribution in [3.8, 4) is 44.5 Å². The van der Waals surface area contributed by atoms with Gasteiger partial charge in [-0.25, -0.2) is 0 Å². The molecule has 1 spiro atoms. The first-order valence-electron chi connectivity index (χ1n) is 21.0. The Labute approximate surface area is 346 Å². The van der Waals surface area contributed by atoms with Crippen LogP contribution in [0.3, 0.4) is 0 Å². The van der Waals surface area contributed by atoms with Crippen molar-refractivity contribution in [3.63, 3.8) is 0 Å². The highest BCUT2D eigenvalue weighted by Crippen LogP contribution is 2.58. The molecule has 0 saturated carbocycles. The van der Waals surface area contributed by atoms with Gasteiger partial charge in [0.25, 0.3) is 0 Å². The van der Waals surface area contributed by atoms with Gasteiger partial charge in [0, 0.05) is 27.9 Å². The molecule has 0 N–H and O–H groups in total. The van der Waals surface area contributed by atoms with Crippen LogP contribution in [0.25, 0.3) is 55.3 Å². The first-order valence-corrected chi connectivity index (χ1v) is 21.0. The molecule has 1 heteroatoms. The van der Waals surface area contributed by atoms with E-state index in [-0.39, 0.29) is 10.8 Å². The fourth-order valence-electron chi connectivity index (χ4n) is 11.0. The van der Waals surface area contributed by atoms with Gasteiger partial charge in [0.1, 0.15) is 0 Å². The first kappa shape index (κ1) is 34.1. The number of nitrogens with zero attached hydrogens (tertiary/aromatic N) is 1. The lowest BCUT2D eigenvalue weighted by molar-refractivity contribution is 0.564. The van der Waals surface area contributed by atoms with Crippen LogP contribution < -0.4 is 4.90 Å². The average molecular weight is 754 g/mol. The van der Waals surface area contributed by atoms with Gasteiger partial charge in [-0.05, 0) is 144 Å². The van der Waals surface area contributed by atoms with Crippen LogP contribution in [0.2, 0.25) is 0 Å². The Morgan fingerprint density at radius 1 is 0.356 bits per heavy atom. The van der Waals surface area contributed by atoms with E-state index < -0.39 is 0 Å². The zero-order valence-corrected chi connectivity index (χ0v) is 33.4. The molecule has 0 fully saturated rings. The molecule has 0 aromatic heterocycles. The van der Waals surface area contributed by atoms with E-state index in [1.807, 2.05) is 0 Å². The minimum atomic E-state index is -0.152. The molecular formula is C58H43N. The van der Waals surface area contributed by atoms with Crippen LogP contribution >= 0.6 is 0 Å². The fourth-order valence-corrected chi connectivity index (χ4v) is 11.0. The average Bonchev–Trinajstić information content (AvgIpc) is 3.89. The normalized spacial score (nSPS) is 14.7. The Hall–Kier alpha value is -6.96. The molecular weight excluding hydrogens is 711 g/mol. The Balaban J connectivity index is 1.04. The monoisotopic (exact) mass is 753 g/mol. The van der Waals surface area contributed by atoms with E-state index in [0.717, 1.165) is 18.5 Å².